The third-order valence-electron chi connectivity index (χ3n) is 6.52. The Morgan fingerprint density at radius 3 is 2.69 bits per heavy atom. The summed E-state index contributed by atoms with van der Waals surface area (Å²) in [4.78, 5) is 17.7. The molecule has 11 heteroatoms. The van der Waals surface area contributed by atoms with Gasteiger partial charge < -0.3 is 5.32 Å². The Balaban J connectivity index is 1.45. The number of amides is 1. The van der Waals surface area contributed by atoms with Crippen molar-refractivity contribution < 1.29 is 21.6 Å². The Bertz CT molecular complexity index is 1540. The fourth-order valence-electron chi connectivity index (χ4n) is 5.10. The second-order valence-electron chi connectivity index (χ2n) is 9.68. The zero-order chi connectivity index (χ0) is 25.0. The molecule has 1 unspecified atom stereocenters. The van der Waals surface area contributed by atoms with Gasteiger partial charge in [0, 0.05) is 40.5 Å². The SMILES string of the molecule is CC1(CS(=O)(=O)N2Cc3ccc(Cl)cc3C(C(=O)Nc3cncc4ccccc34)C2)CS(=O)(=O)C1. The number of carbonyl (C=O) groups excluding carboxylic acids is 1. The fraction of sp³-hybridized carbons (Fsp3) is 0.333. The van der Waals surface area contributed by atoms with Crippen LogP contribution in [0.2, 0.25) is 5.02 Å². The molecule has 5 rings (SSSR count). The largest absolute Gasteiger partial charge is 0.324 e. The van der Waals surface area contributed by atoms with Crippen LogP contribution in [0.25, 0.3) is 10.8 Å². The van der Waals surface area contributed by atoms with Crippen LogP contribution in [0.4, 0.5) is 5.69 Å². The van der Waals surface area contributed by atoms with Crippen molar-refractivity contribution >= 4 is 53.8 Å². The first kappa shape index (κ1) is 24.2. The number of aromatic nitrogens is 1. The predicted molar refractivity (Wildman–Crippen MR) is 136 cm³/mol. The molecule has 8 nitrogen and oxygen atoms in total. The number of nitrogens with zero attached hydrogens (tertiary/aromatic N) is 2. The first-order valence-corrected chi connectivity index (χ1v) is 14.9. The monoisotopic (exact) mass is 533 g/mol. The summed E-state index contributed by atoms with van der Waals surface area (Å²) in [5.41, 5.74) is 1.06. The average molecular weight is 534 g/mol. The number of carbonyl (C=O) groups is 1. The van der Waals surface area contributed by atoms with Crippen LogP contribution in [0, 0.1) is 5.41 Å². The van der Waals surface area contributed by atoms with Crippen molar-refractivity contribution in [2.75, 3.05) is 29.1 Å². The molecule has 1 saturated heterocycles. The van der Waals surface area contributed by atoms with E-state index in [1.165, 1.54) is 4.31 Å². The number of pyridine rings is 1. The molecule has 1 N–H and O–H groups in total. The molecule has 1 atom stereocenters. The summed E-state index contributed by atoms with van der Waals surface area (Å²) < 4.78 is 51.4. The molecule has 0 radical (unpaired) electrons. The molecule has 35 heavy (non-hydrogen) atoms. The molecule has 1 aromatic heterocycles. The highest BCUT2D eigenvalue weighted by Crippen LogP contribution is 2.38. The van der Waals surface area contributed by atoms with Crippen molar-refractivity contribution in [3.8, 4) is 0 Å². The average Bonchev–Trinajstić information content (AvgIpc) is 2.76. The third kappa shape index (κ3) is 4.80. The third-order valence-corrected chi connectivity index (χ3v) is 11.2. The standard InChI is InChI=1S/C24H24ClN3O5S2/c1-24(13-34(30,31)14-24)15-35(32,33)28-11-17-6-7-18(25)8-20(17)21(12-28)23(29)27-22-10-26-9-16-4-2-3-5-19(16)22/h2-10,21H,11-15H2,1H3,(H,27,29). The maximum atomic E-state index is 13.5. The molecular weight excluding hydrogens is 510 g/mol. The predicted octanol–water partition coefficient (Wildman–Crippen LogP) is 3.19. The van der Waals surface area contributed by atoms with Crippen molar-refractivity contribution in [3.63, 3.8) is 0 Å². The highest BCUT2D eigenvalue weighted by Gasteiger charge is 2.49. The lowest BCUT2D eigenvalue weighted by atomic mass is 9.90. The number of sulfone groups is 1. The first-order chi connectivity index (χ1) is 16.4. The van der Waals surface area contributed by atoms with Gasteiger partial charge >= 0.3 is 0 Å². The van der Waals surface area contributed by atoms with Gasteiger partial charge in [0.1, 0.15) is 0 Å². The highest BCUT2D eigenvalue weighted by molar-refractivity contribution is 7.93. The van der Waals surface area contributed by atoms with Crippen molar-refractivity contribution in [2.45, 2.75) is 19.4 Å². The van der Waals surface area contributed by atoms with Crippen LogP contribution in [0.1, 0.15) is 24.0 Å². The Morgan fingerprint density at radius 1 is 1.20 bits per heavy atom. The molecule has 1 amide bonds. The van der Waals surface area contributed by atoms with E-state index in [0.29, 0.717) is 21.8 Å². The number of benzene rings is 2. The van der Waals surface area contributed by atoms with Gasteiger partial charge in [-0.05, 0) is 23.3 Å². The lowest BCUT2D eigenvalue weighted by Gasteiger charge is -2.40. The molecule has 0 bridgehead atoms. The molecule has 2 aromatic carbocycles. The van der Waals surface area contributed by atoms with Gasteiger partial charge in [-0.2, -0.15) is 4.31 Å². The van der Waals surface area contributed by atoms with Gasteiger partial charge in [-0.3, -0.25) is 9.78 Å². The first-order valence-electron chi connectivity index (χ1n) is 11.0. The minimum atomic E-state index is -3.84. The van der Waals surface area contributed by atoms with E-state index < -0.39 is 31.2 Å². The van der Waals surface area contributed by atoms with Crippen molar-refractivity contribution in [1.29, 1.82) is 0 Å². The number of anilines is 1. The molecule has 0 saturated carbocycles. The van der Waals surface area contributed by atoms with Crippen LogP contribution in [0.3, 0.4) is 0 Å². The van der Waals surface area contributed by atoms with Gasteiger partial charge in [-0.1, -0.05) is 48.9 Å². The van der Waals surface area contributed by atoms with E-state index in [-0.39, 0.29) is 36.3 Å². The second-order valence-corrected chi connectivity index (χ2v) is 14.2. The topological polar surface area (TPSA) is 114 Å². The van der Waals surface area contributed by atoms with Crippen LogP contribution in [0.15, 0.2) is 54.9 Å². The van der Waals surface area contributed by atoms with Crippen LogP contribution < -0.4 is 5.32 Å². The molecule has 1 fully saturated rings. The van der Waals surface area contributed by atoms with E-state index in [9.17, 15) is 21.6 Å². The fourth-order valence-corrected chi connectivity index (χ4v) is 9.76. The lowest BCUT2D eigenvalue weighted by Crippen LogP contribution is -2.53. The van der Waals surface area contributed by atoms with E-state index in [1.54, 1.807) is 37.5 Å². The summed E-state index contributed by atoms with van der Waals surface area (Å²) in [7, 11) is -7.03. The maximum absolute atomic E-state index is 13.5. The summed E-state index contributed by atoms with van der Waals surface area (Å²) in [5, 5.41) is 5.07. The van der Waals surface area contributed by atoms with E-state index in [2.05, 4.69) is 10.3 Å². The van der Waals surface area contributed by atoms with Gasteiger partial charge in [0.05, 0.1) is 35.1 Å². The van der Waals surface area contributed by atoms with Crippen molar-refractivity contribution in [1.82, 2.24) is 9.29 Å². The number of hydrogen-bond acceptors (Lipinski definition) is 6. The molecule has 0 spiro atoms. The molecular formula is C24H24ClN3O5S2. The molecule has 2 aliphatic rings. The summed E-state index contributed by atoms with van der Waals surface area (Å²) in [6, 6.07) is 12.6. The number of rotatable bonds is 5. The Morgan fingerprint density at radius 2 is 1.94 bits per heavy atom. The summed E-state index contributed by atoms with van der Waals surface area (Å²) >= 11 is 6.22. The van der Waals surface area contributed by atoms with Gasteiger partial charge in [0.15, 0.2) is 9.84 Å². The summed E-state index contributed by atoms with van der Waals surface area (Å²) in [6.07, 6.45) is 3.27. The smallest absolute Gasteiger partial charge is 0.233 e. The van der Waals surface area contributed by atoms with Crippen LogP contribution in [-0.2, 0) is 31.2 Å². The number of halogens is 1. The molecule has 184 valence electrons. The minimum absolute atomic E-state index is 0.0669. The number of sulfonamides is 1. The van der Waals surface area contributed by atoms with E-state index >= 15 is 0 Å². The van der Waals surface area contributed by atoms with E-state index in [4.69, 9.17) is 11.6 Å². The van der Waals surface area contributed by atoms with E-state index in [1.807, 2.05) is 24.3 Å². The van der Waals surface area contributed by atoms with Gasteiger partial charge in [-0.15, -0.1) is 0 Å². The summed E-state index contributed by atoms with van der Waals surface area (Å²) in [6.45, 7) is 1.70. The zero-order valence-corrected chi connectivity index (χ0v) is 21.3. The highest BCUT2D eigenvalue weighted by atomic mass is 35.5. The quantitative estimate of drug-likeness (QED) is 0.539. The van der Waals surface area contributed by atoms with Crippen LogP contribution >= 0.6 is 11.6 Å². The summed E-state index contributed by atoms with van der Waals surface area (Å²) in [5.74, 6) is -1.77. The van der Waals surface area contributed by atoms with Crippen LogP contribution in [-0.4, -0.2) is 55.8 Å². The molecule has 0 aliphatic carbocycles. The second kappa shape index (κ2) is 8.55. The van der Waals surface area contributed by atoms with Crippen LogP contribution in [0.5, 0.6) is 0 Å². The van der Waals surface area contributed by atoms with Crippen molar-refractivity contribution in [3.05, 3.63) is 71.0 Å². The normalized spacial score (nSPS) is 21.1. The minimum Gasteiger partial charge on any atom is -0.324 e. The Hall–Kier alpha value is -2.53. The maximum Gasteiger partial charge on any atom is 0.233 e. The number of hydrogen-bond donors (Lipinski definition) is 1. The zero-order valence-electron chi connectivity index (χ0n) is 18.9. The van der Waals surface area contributed by atoms with E-state index in [0.717, 1.165) is 10.8 Å². The molecule has 3 aromatic rings. The number of fused-ring (bicyclic) bond motifs is 2. The molecule has 2 aliphatic heterocycles. The van der Waals surface area contributed by atoms with Crippen molar-refractivity contribution in [2.24, 2.45) is 5.41 Å². The number of nitrogens with one attached hydrogen (secondary N) is 1. The van der Waals surface area contributed by atoms with Gasteiger partial charge in [-0.25, -0.2) is 16.8 Å². The Kier molecular flexibility index (Phi) is 5.90. The Labute approximate surface area is 209 Å². The lowest BCUT2D eigenvalue weighted by molar-refractivity contribution is -0.118. The van der Waals surface area contributed by atoms with Gasteiger partial charge in [0.2, 0.25) is 15.9 Å². The molecule has 3 heterocycles. The van der Waals surface area contributed by atoms with Gasteiger partial charge in [0.25, 0.3) is 0 Å².